The summed E-state index contributed by atoms with van der Waals surface area (Å²) in [4.78, 5) is 4.84. The maximum atomic E-state index is 2.49. The zero-order valence-electron chi connectivity index (χ0n) is 9.03. The van der Waals surface area contributed by atoms with Gasteiger partial charge in [0.15, 0.2) is 0 Å². The van der Waals surface area contributed by atoms with Crippen molar-refractivity contribution in [3.8, 4) is 0 Å². The highest BCUT2D eigenvalue weighted by Gasteiger charge is 2.15. The molecule has 0 bridgehead atoms. The van der Waals surface area contributed by atoms with Gasteiger partial charge in [0.2, 0.25) is 0 Å². The Labute approximate surface area is 86.1 Å². The third kappa shape index (κ3) is 1.75. The van der Waals surface area contributed by atoms with Crippen LogP contribution in [-0.2, 0) is 6.54 Å². The monoisotopic (exact) mass is 190 g/mol. The van der Waals surface area contributed by atoms with Crippen molar-refractivity contribution in [1.29, 1.82) is 0 Å². The van der Waals surface area contributed by atoms with Gasteiger partial charge in [0, 0.05) is 32.4 Å². The van der Waals surface area contributed by atoms with Crippen LogP contribution in [-0.4, -0.2) is 31.6 Å². The first-order chi connectivity index (χ1) is 6.81. The Morgan fingerprint density at radius 2 is 2.00 bits per heavy atom. The lowest BCUT2D eigenvalue weighted by Gasteiger charge is -2.18. The molecule has 1 aliphatic heterocycles. The quantitative estimate of drug-likeness (QED) is 0.668. The highest BCUT2D eigenvalue weighted by molar-refractivity contribution is 5.53. The van der Waals surface area contributed by atoms with Crippen molar-refractivity contribution >= 4 is 5.69 Å². The molecular weight excluding hydrogens is 172 g/mol. The molecule has 0 aliphatic carbocycles. The molecule has 0 N–H and O–H groups in total. The zero-order chi connectivity index (χ0) is 9.97. The van der Waals surface area contributed by atoms with Gasteiger partial charge in [-0.2, -0.15) is 0 Å². The summed E-state index contributed by atoms with van der Waals surface area (Å²) in [6, 6.07) is 8.71. The number of hydrogen-bond acceptors (Lipinski definition) is 2. The van der Waals surface area contributed by atoms with Crippen LogP contribution < -0.4 is 4.90 Å². The molecule has 0 saturated carbocycles. The molecule has 1 heterocycles. The smallest absolute Gasteiger partial charge is 0.0409 e. The van der Waals surface area contributed by atoms with E-state index in [1.165, 1.54) is 17.8 Å². The van der Waals surface area contributed by atoms with Gasteiger partial charge in [-0.3, -0.25) is 4.90 Å². The van der Waals surface area contributed by atoms with Crippen LogP contribution in [0.5, 0.6) is 0 Å². The van der Waals surface area contributed by atoms with Crippen LogP contribution in [0, 0.1) is 0 Å². The van der Waals surface area contributed by atoms with Crippen LogP contribution in [0.3, 0.4) is 0 Å². The van der Waals surface area contributed by atoms with Crippen molar-refractivity contribution in [2.45, 2.75) is 13.5 Å². The highest BCUT2D eigenvalue weighted by Crippen LogP contribution is 2.23. The predicted octanol–water partition coefficient (Wildman–Crippen LogP) is 1.96. The van der Waals surface area contributed by atoms with Crippen molar-refractivity contribution in [2.75, 3.05) is 31.6 Å². The van der Waals surface area contributed by atoms with Crippen molar-refractivity contribution in [3.63, 3.8) is 0 Å². The second-order valence-electron chi connectivity index (χ2n) is 3.92. The number of para-hydroxylation sites is 1. The van der Waals surface area contributed by atoms with Gasteiger partial charge in [-0.15, -0.1) is 0 Å². The number of benzene rings is 1. The first kappa shape index (κ1) is 9.53. The molecule has 2 rings (SSSR count). The molecule has 0 atom stereocenters. The second kappa shape index (κ2) is 4.01. The predicted molar refractivity (Wildman–Crippen MR) is 60.7 cm³/mol. The summed E-state index contributed by atoms with van der Waals surface area (Å²) in [6.45, 7) is 6.76. The van der Waals surface area contributed by atoms with Crippen molar-refractivity contribution in [2.24, 2.45) is 0 Å². The van der Waals surface area contributed by atoms with Gasteiger partial charge in [-0.25, -0.2) is 0 Å². The van der Waals surface area contributed by atoms with Crippen molar-refractivity contribution in [3.05, 3.63) is 29.8 Å². The molecule has 1 aromatic rings. The SMILES string of the molecule is CCN1CCN(C)c2ccccc2C1. The fraction of sp³-hybridized carbons (Fsp3) is 0.500. The Kier molecular flexibility index (Phi) is 2.73. The summed E-state index contributed by atoms with van der Waals surface area (Å²) in [5, 5.41) is 0. The minimum Gasteiger partial charge on any atom is -0.373 e. The van der Waals surface area contributed by atoms with Gasteiger partial charge in [-0.05, 0) is 18.2 Å². The summed E-state index contributed by atoms with van der Waals surface area (Å²) in [6.07, 6.45) is 0. The number of likely N-dealkylation sites (N-methyl/N-ethyl adjacent to an activating group) is 2. The average Bonchev–Trinajstić information content (AvgIpc) is 2.39. The van der Waals surface area contributed by atoms with Crippen LogP contribution in [0.1, 0.15) is 12.5 Å². The summed E-state index contributed by atoms with van der Waals surface area (Å²) >= 11 is 0. The summed E-state index contributed by atoms with van der Waals surface area (Å²) < 4.78 is 0. The van der Waals surface area contributed by atoms with Gasteiger partial charge in [0.05, 0.1) is 0 Å². The van der Waals surface area contributed by atoms with E-state index >= 15 is 0 Å². The fourth-order valence-electron chi connectivity index (χ4n) is 2.02. The molecule has 0 fully saturated rings. The summed E-state index contributed by atoms with van der Waals surface area (Å²) in [7, 11) is 2.18. The van der Waals surface area contributed by atoms with Gasteiger partial charge < -0.3 is 4.90 Å². The number of fused-ring (bicyclic) bond motifs is 1. The maximum absolute atomic E-state index is 2.49. The number of anilines is 1. The average molecular weight is 190 g/mol. The molecular formula is C12H18N2. The minimum absolute atomic E-state index is 1.09. The topological polar surface area (TPSA) is 6.48 Å². The maximum Gasteiger partial charge on any atom is 0.0409 e. The van der Waals surface area contributed by atoms with E-state index in [0.29, 0.717) is 0 Å². The Balaban J connectivity index is 2.31. The number of rotatable bonds is 1. The Bertz CT molecular complexity index is 309. The van der Waals surface area contributed by atoms with Gasteiger partial charge in [-0.1, -0.05) is 25.1 Å². The van der Waals surface area contributed by atoms with Gasteiger partial charge >= 0.3 is 0 Å². The zero-order valence-corrected chi connectivity index (χ0v) is 9.03. The van der Waals surface area contributed by atoms with E-state index in [4.69, 9.17) is 0 Å². The van der Waals surface area contributed by atoms with Crippen LogP contribution in [0.15, 0.2) is 24.3 Å². The van der Waals surface area contributed by atoms with Crippen molar-refractivity contribution < 1.29 is 0 Å². The minimum atomic E-state index is 1.09. The summed E-state index contributed by atoms with van der Waals surface area (Å²) in [5.74, 6) is 0. The fourth-order valence-corrected chi connectivity index (χ4v) is 2.02. The normalized spacial score (nSPS) is 17.7. The molecule has 0 saturated heterocycles. The van der Waals surface area contributed by atoms with E-state index in [0.717, 1.165) is 19.6 Å². The third-order valence-corrected chi connectivity index (χ3v) is 3.00. The van der Waals surface area contributed by atoms with E-state index in [-0.39, 0.29) is 0 Å². The Hall–Kier alpha value is -1.02. The Morgan fingerprint density at radius 3 is 2.79 bits per heavy atom. The summed E-state index contributed by atoms with van der Waals surface area (Å²) in [5.41, 5.74) is 2.85. The molecule has 1 aliphatic rings. The molecule has 14 heavy (non-hydrogen) atoms. The second-order valence-corrected chi connectivity index (χ2v) is 3.92. The third-order valence-electron chi connectivity index (χ3n) is 3.00. The first-order valence-electron chi connectivity index (χ1n) is 5.32. The van der Waals surface area contributed by atoms with E-state index in [2.05, 4.69) is 48.0 Å². The number of nitrogens with zero attached hydrogens (tertiary/aromatic N) is 2. The van der Waals surface area contributed by atoms with E-state index in [1.54, 1.807) is 0 Å². The first-order valence-corrected chi connectivity index (χ1v) is 5.32. The molecule has 0 radical (unpaired) electrons. The molecule has 0 amide bonds. The molecule has 2 nitrogen and oxygen atoms in total. The highest BCUT2D eigenvalue weighted by atomic mass is 15.2. The van der Waals surface area contributed by atoms with E-state index in [1.807, 2.05) is 0 Å². The lowest BCUT2D eigenvalue weighted by molar-refractivity contribution is 0.293. The lowest BCUT2D eigenvalue weighted by Crippen LogP contribution is -2.28. The van der Waals surface area contributed by atoms with Crippen LogP contribution >= 0.6 is 0 Å². The van der Waals surface area contributed by atoms with Crippen molar-refractivity contribution in [1.82, 2.24) is 4.90 Å². The van der Waals surface area contributed by atoms with Gasteiger partial charge in [0.1, 0.15) is 0 Å². The molecule has 0 aromatic heterocycles. The largest absolute Gasteiger partial charge is 0.373 e. The molecule has 76 valence electrons. The number of hydrogen-bond donors (Lipinski definition) is 0. The van der Waals surface area contributed by atoms with E-state index < -0.39 is 0 Å². The lowest BCUT2D eigenvalue weighted by atomic mass is 10.1. The van der Waals surface area contributed by atoms with E-state index in [9.17, 15) is 0 Å². The van der Waals surface area contributed by atoms with Crippen LogP contribution in [0.25, 0.3) is 0 Å². The molecule has 2 heteroatoms. The molecule has 1 aromatic carbocycles. The van der Waals surface area contributed by atoms with Gasteiger partial charge in [0.25, 0.3) is 0 Å². The molecule has 0 unspecified atom stereocenters. The molecule has 0 spiro atoms. The van der Waals surface area contributed by atoms with Crippen LogP contribution in [0.2, 0.25) is 0 Å². The standard InChI is InChI=1S/C12H18N2/c1-3-14-9-8-13(2)12-7-5-4-6-11(12)10-14/h4-7H,3,8-10H2,1-2H3. The Morgan fingerprint density at radius 1 is 1.21 bits per heavy atom. The van der Waals surface area contributed by atoms with Crippen LogP contribution in [0.4, 0.5) is 5.69 Å².